The van der Waals surface area contributed by atoms with Gasteiger partial charge in [-0.15, -0.1) is 11.8 Å². The van der Waals surface area contributed by atoms with Gasteiger partial charge in [0.25, 0.3) is 0 Å². The molecule has 0 radical (unpaired) electrons. The lowest BCUT2D eigenvalue weighted by molar-refractivity contribution is -0.116. The van der Waals surface area contributed by atoms with Crippen LogP contribution in [0.1, 0.15) is 18.1 Å². The molecule has 1 amide bonds. The molecule has 21 heavy (non-hydrogen) atoms. The minimum Gasteiger partial charge on any atom is -0.308 e. The van der Waals surface area contributed by atoms with E-state index in [9.17, 15) is 4.79 Å². The summed E-state index contributed by atoms with van der Waals surface area (Å²) in [4.78, 5) is 14.5. The number of hydrogen-bond donors (Lipinski definition) is 0. The van der Waals surface area contributed by atoms with E-state index in [0.717, 1.165) is 17.9 Å². The van der Waals surface area contributed by atoms with Gasteiger partial charge in [0.1, 0.15) is 0 Å². The van der Waals surface area contributed by atoms with Crippen LogP contribution >= 0.6 is 11.8 Å². The van der Waals surface area contributed by atoms with Crippen LogP contribution < -0.4 is 4.90 Å². The third kappa shape index (κ3) is 3.13. The number of amides is 1. The number of carbonyl (C=O) groups is 1. The molecule has 3 rings (SSSR count). The Bertz CT molecular complexity index is 626. The average molecular weight is 297 g/mol. The molecule has 1 aliphatic rings. The van der Waals surface area contributed by atoms with Gasteiger partial charge in [0.2, 0.25) is 5.91 Å². The van der Waals surface area contributed by atoms with E-state index in [1.165, 1.54) is 11.1 Å². The van der Waals surface area contributed by atoms with Gasteiger partial charge < -0.3 is 4.90 Å². The molecule has 0 bridgehead atoms. The molecule has 0 unspecified atom stereocenters. The first kappa shape index (κ1) is 14.2. The Morgan fingerprint density at radius 2 is 1.86 bits per heavy atom. The van der Waals surface area contributed by atoms with Crippen LogP contribution in [-0.2, 0) is 17.0 Å². The second-order valence-corrected chi connectivity index (χ2v) is 6.41. The number of thioether (sulfide) groups is 1. The summed E-state index contributed by atoms with van der Waals surface area (Å²) in [6.45, 7) is 2.12. The third-order valence-corrected chi connectivity index (χ3v) is 4.80. The number of anilines is 1. The average Bonchev–Trinajstić information content (AvgIpc) is 2.84. The predicted molar refractivity (Wildman–Crippen MR) is 89.7 cm³/mol. The molecule has 2 nitrogen and oxygen atoms in total. The van der Waals surface area contributed by atoms with Crippen molar-refractivity contribution in [3.05, 3.63) is 65.7 Å². The molecule has 3 heteroatoms. The normalized spacial score (nSPS) is 16.8. The fourth-order valence-corrected chi connectivity index (χ4v) is 3.69. The predicted octanol–water partition coefficient (Wildman–Crippen LogP) is 3.90. The Kier molecular flexibility index (Phi) is 4.30. The van der Waals surface area contributed by atoms with E-state index in [2.05, 4.69) is 31.2 Å². The van der Waals surface area contributed by atoms with E-state index >= 15 is 0 Å². The molecule has 1 aliphatic heterocycles. The molecule has 0 fully saturated rings. The fraction of sp³-hybridized carbons (Fsp3) is 0.278. The van der Waals surface area contributed by atoms with Gasteiger partial charge in [-0.25, -0.2) is 0 Å². The topological polar surface area (TPSA) is 20.3 Å². The first-order chi connectivity index (χ1) is 10.3. The Labute approximate surface area is 130 Å². The van der Waals surface area contributed by atoms with Crippen LogP contribution in [-0.4, -0.2) is 17.7 Å². The Morgan fingerprint density at radius 1 is 1.14 bits per heavy atom. The van der Waals surface area contributed by atoms with Gasteiger partial charge in [0, 0.05) is 17.5 Å². The molecule has 2 aromatic carbocycles. The van der Waals surface area contributed by atoms with Gasteiger partial charge >= 0.3 is 0 Å². The molecule has 2 aromatic rings. The van der Waals surface area contributed by atoms with E-state index in [0.29, 0.717) is 5.75 Å². The minimum atomic E-state index is 0.216. The van der Waals surface area contributed by atoms with Crippen LogP contribution in [0.25, 0.3) is 0 Å². The minimum absolute atomic E-state index is 0.216. The zero-order chi connectivity index (χ0) is 14.7. The summed E-state index contributed by atoms with van der Waals surface area (Å²) in [5, 5.41) is 0. The van der Waals surface area contributed by atoms with Crippen molar-refractivity contribution in [3.8, 4) is 0 Å². The maximum atomic E-state index is 12.5. The van der Waals surface area contributed by atoms with Crippen molar-refractivity contribution >= 4 is 23.4 Å². The highest BCUT2D eigenvalue weighted by Crippen LogP contribution is 2.32. The van der Waals surface area contributed by atoms with Crippen molar-refractivity contribution in [1.82, 2.24) is 0 Å². The molecule has 1 heterocycles. The van der Waals surface area contributed by atoms with E-state index < -0.39 is 0 Å². The van der Waals surface area contributed by atoms with E-state index in [4.69, 9.17) is 0 Å². The maximum absolute atomic E-state index is 12.5. The molecular formula is C18H19NOS. The Balaban J connectivity index is 1.61. The lowest BCUT2D eigenvalue weighted by Gasteiger charge is -2.22. The highest BCUT2D eigenvalue weighted by molar-refractivity contribution is 7.99. The van der Waals surface area contributed by atoms with Crippen LogP contribution in [0.3, 0.4) is 0 Å². The molecule has 0 N–H and O–H groups in total. The first-order valence-corrected chi connectivity index (χ1v) is 8.43. The summed E-state index contributed by atoms with van der Waals surface area (Å²) in [6.07, 6.45) is 0.964. The zero-order valence-corrected chi connectivity index (χ0v) is 13.0. The number of nitrogens with zero attached hydrogens (tertiary/aromatic N) is 1. The standard InChI is InChI=1S/C18H19NOS/c1-14-11-16-9-5-6-10-17(16)19(14)18(20)13-21-12-15-7-3-2-4-8-15/h2-10,14H,11-13H2,1H3/t14-/m1/s1. The van der Waals surface area contributed by atoms with Gasteiger partial charge in [-0.05, 0) is 30.5 Å². The smallest absolute Gasteiger partial charge is 0.237 e. The molecule has 0 saturated carbocycles. The summed E-state index contributed by atoms with van der Waals surface area (Å²) in [5.74, 6) is 1.64. The van der Waals surface area contributed by atoms with Gasteiger partial charge in [-0.2, -0.15) is 0 Å². The fourth-order valence-electron chi connectivity index (χ4n) is 2.85. The summed E-state index contributed by atoms with van der Waals surface area (Å²) >= 11 is 1.69. The summed E-state index contributed by atoms with van der Waals surface area (Å²) in [6, 6.07) is 18.8. The largest absolute Gasteiger partial charge is 0.308 e. The zero-order valence-electron chi connectivity index (χ0n) is 12.2. The highest BCUT2D eigenvalue weighted by Gasteiger charge is 2.29. The number of fused-ring (bicyclic) bond motifs is 1. The molecule has 0 aliphatic carbocycles. The summed E-state index contributed by atoms with van der Waals surface area (Å²) in [7, 11) is 0. The van der Waals surface area contributed by atoms with Crippen molar-refractivity contribution in [1.29, 1.82) is 0 Å². The van der Waals surface area contributed by atoms with Crippen LogP contribution in [0.5, 0.6) is 0 Å². The number of rotatable bonds is 4. The van der Waals surface area contributed by atoms with Crippen LogP contribution in [0.4, 0.5) is 5.69 Å². The number of hydrogen-bond acceptors (Lipinski definition) is 2. The third-order valence-electron chi connectivity index (χ3n) is 3.81. The second kappa shape index (κ2) is 6.35. The van der Waals surface area contributed by atoms with Gasteiger partial charge in [-0.3, -0.25) is 4.79 Å². The monoisotopic (exact) mass is 297 g/mol. The van der Waals surface area contributed by atoms with Crippen molar-refractivity contribution in [2.75, 3.05) is 10.7 Å². The number of benzene rings is 2. The van der Waals surface area contributed by atoms with Crippen LogP contribution in [0, 0.1) is 0 Å². The van der Waals surface area contributed by atoms with E-state index in [-0.39, 0.29) is 11.9 Å². The lowest BCUT2D eigenvalue weighted by atomic mass is 10.1. The van der Waals surface area contributed by atoms with E-state index in [1.54, 1.807) is 11.8 Å². The lowest BCUT2D eigenvalue weighted by Crippen LogP contribution is -2.37. The number of para-hydroxylation sites is 1. The Hall–Kier alpha value is -1.74. The quantitative estimate of drug-likeness (QED) is 0.853. The van der Waals surface area contributed by atoms with Crippen molar-refractivity contribution < 1.29 is 4.79 Å². The maximum Gasteiger partial charge on any atom is 0.237 e. The SMILES string of the molecule is C[C@@H]1Cc2ccccc2N1C(=O)CSCc1ccccc1. The molecule has 0 saturated heterocycles. The van der Waals surface area contributed by atoms with Gasteiger partial charge in [0.05, 0.1) is 5.75 Å². The van der Waals surface area contributed by atoms with Crippen molar-refractivity contribution in [2.45, 2.75) is 25.1 Å². The van der Waals surface area contributed by atoms with Crippen LogP contribution in [0.15, 0.2) is 54.6 Å². The number of carbonyl (C=O) groups excluding carboxylic acids is 1. The molecule has 0 spiro atoms. The highest BCUT2D eigenvalue weighted by atomic mass is 32.2. The summed E-state index contributed by atoms with van der Waals surface area (Å²) in [5.41, 5.74) is 3.65. The van der Waals surface area contributed by atoms with Crippen molar-refractivity contribution in [3.63, 3.8) is 0 Å². The molecule has 108 valence electrons. The van der Waals surface area contributed by atoms with Gasteiger partial charge in [0.15, 0.2) is 0 Å². The van der Waals surface area contributed by atoms with Crippen LogP contribution in [0.2, 0.25) is 0 Å². The second-order valence-electron chi connectivity index (χ2n) is 5.42. The first-order valence-electron chi connectivity index (χ1n) is 7.27. The van der Waals surface area contributed by atoms with Crippen molar-refractivity contribution in [2.24, 2.45) is 0 Å². The van der Waals surface area contributed by atoms with Gasteiger partial charge in [-0.1, -0.05) is 48.5 Å². The summed E-state index contributed by atoms with van der Waals surface area (Å²) < 4.78 is 0. The Morgan fingerprint density at radius 3 is 2.67 bits per heavy atom. The molecule has 0 aromatic heterocycles. The van der Waals surface area contributed by atoms with E-state index in [1.807, 2.05) is 35.2 Å². The molecule has 1 atom stereocenters. The molecular weight excluding hydrogens is 278 g/mol.